The molecule has 1 N–H and O–H groups in total. The van der Waals surface area contributed by atoms with Crippen LogP contribution < -0.4 is 10.1 Å². The lowest BCUT2D eigenvalue weighted by atomic mass is 10.1. The lowest BCUT2D eigenvalue weighted by Crippen LogP contribution is -2.42. The van der Waals surface area contributed by atoms with Gasteiger partial charge in [-0.15, -0.1) is 11.3 Å². The van der Waals surface area contributed by atoms with E-state index < -0.39 is 23.1 Å². The van der Waals surface area contributed by atoms with Gasteiger partial charge in [-0.1, -0.05) is 30.3 Å². The highest BCUT2D eigenvalue weighted by molar-refractivity contribution is 7.14. The molecule has 0 aliphatic carbocycles. The van der Waals surface area contributed by atoms with Crippen LogP contribution in [-0.4, -0.2) is 16.5 Å². The maximum atomic E-state index is 13.8. The monoisotopic (exact) mass is 374 g/mol. The van der Waals surface area contributed by atoms with E-state index in [1.165, 1.54) is 25.2 Å². The van der Waals surface area contributed by atoms with Crippen molar-refractivity contribution >= 4 is 22.4 Å². The van der Waals surface area contributed by atoms with Gasteiger partial charge in [0.15, 0.2) is 22.3 Å². The van der Waals surface area contributed by atoms with Gasteiger partial charge in [-0.3, -0.25) is 10.1 Å². The first-order valence-corrected chi connectivity index (χ1v) is 8.69. The third-order valence-corrected chi connectivity index (χ3v) is 4.36. The highest BCUT2D eigenvalue weighted by Crippen LogP contribution is 2.27. The Kier molecular flexibility index (Phi) is 4.99. The summed E-state index contributed by atoms with van der Waals surface area (Å²) in [5.74, 6) is -2.27. The number of ether oxygens (including phenoxy) is 1. The van der Waals surface area contributed by atoms with Crippen LogP contribution in [0.5, 0.6) is 5.75 Å². The number of rotatable bonds is 5. The molecule has 0 saturated carbocycles. The Bertz CT molecular complexity index is 926. The molecule has 0 unspecified atom stereocenters. The third kappa shape index (κ3) is 4.05. The Labute approximate surface area is 153 Å². The Morgan fingerprint density at radius 2 is 1.88 bits per heavy atom. The summed E-state index contributed by atoms with van der Waals surface area (Å²) in [5, 5.41) is 4.91. The molecule has 26 heavy (non-hydrogen) atoms. The van der Waals surface area contributed by atoms with Crippen molar-refractivity contribution in [3.05, 3.63) is 65.5 Å². The lowest BCUT2D eigenvalue weighted by molar-refractivity contribution is -0.128. The maximum absolute atomic E-state index is 13.8. The number of nitrogens with zero attached hydrogens (tertiary/aromatic N) is 1. The minimum absolute atomic E-state index is 0.198. The molecule has 0 aliphatic heterocycles. The van der Waals surface area contributed by atoms with Crippen LogP contribution in [0, 0.1) is 11.6 Å². The number of hydrogen-bond acceptors (Lipinski definition) is 4. The summed E-state index contributed by atoms with van der Waals surface area (Å²) in [6.45, 7) is 2.99. The normalized spacial score (nSPS) is 11.2. The van der Waals surface area contributed by atoms with Gasteiger partial charge in [0.05, 0.1) is 5.69 Å². The molecule has 1 heterocycles. The topological polar surface area (TPSA) is 51.2 Å². The van der Waals surface area contributed by atoms with Crippen molar-refractivity contribution in [1.29, 1.82) is 0 Å². The molecule has 7 heteroatoms. The number of amides is 1. The second-order valence-corrected chi connectivity index (χ2v) is 6.90. The van der Waals surface area contributed by atoms with E-state index in [0.29, 0.717) is 11.2 Å². The zero-order valence-electron chi connectivity index (χ0n) is 14.1. The molecule has 0 atom stereocenters. The molecule has 134 valence electrons. The molecule has 0 fully saturated rings. The fourth-order valence-corrected chi connectivity index (χ4v) is 2.91. The summed E-state index contributed by atoms with van der Waals surface area (Å²) in [6, 6.07) is 12.5. The van der Waals surface area contributed by atoms with Crippen LogP contribution in [-0.2, 0) is 4.79 Å². The molecule has 0 spiro atoms. The molecule has 0 aliphatic rings. The Morgan fingerprint density at radius 3 is 2.58 bits per heavy atom. The molecular formula is C19H16F2N2O2S. The summed E-state index contributed by atoms with van der Waals surface area (Å²) in [7, 11) is 0. The Balaban J connectivity index is 1.71. The fraction of sp³-hybridized carbons (Fsp3) is 0.158. The van der Waals surface area contributed by atoms with Gasteiger partial charge in [0.25, 0.3) is 5.91 Å². The molecule has 2 aromatic carbocycles. The van der Waals surface area contributed by atoms with Crippen molar-refractivity contribution in [3.63, 3.8) is 0 Å². The van der Waals surface area contributed by atoms with Gasteiger partial charge in [0.2, 0.25) is 0 Å². The summed E-state index contributed by atoms with van der Waals surface area (Å²) in [5.41, 5.74) is 0.305. The van der Waals surface area contributed by atoms with Crippen LogP contribution >= 0.6 is 11.3 Å². The number of thiazole rings is 1. The van der Waals surface area contributed by atoms with Crippen molar-refractivity contribution in [2.45, 2.75) is 19.4 Å². The van der Waals surface area contributed by atoms with Crippen molar-refractivity contribution < 1.29 is 18.3 Å². The van der Waals surface area contributed by atoms with E-state index in [-0.39, 0.29) is 5.75 Å². The average molecular weight is 374 g/mol. The van der Waals surface area contributed by atoms with E-state index in [1.807, 2.05) is 35.7 Å². The number of hydrogen-bond donors (Lipinski definition) is 1. The van der Waals surface area contributed by atoms with E-state index in [4.69, 9.17) is 4.74 Å². The number of nitrogens with one attached hydrogen (secondary N) is 1. The molecule has 3 rings (SSSR count). The third-order valence-electron chi connectivity index (χ3n) is 3.60. The standard InChI is InChI=1S/C19H16F2N2O2S/c1-19(2,25-16-9-8-13(20)10-14(16)21)17(24)23-18-22-15(11-26-18)12-6-4-3-5-7-12/h3-11H,1-2H3,(H,22,23,24). The zero-order valence-corrected chi connectivity index (χ0v) is 14.9. The summed E-state index contributed by atoms with van der Waals surface area (Å²) < 4.78 is 32.2. The zero-order chi connectivity index (χ0) is 18.7. The highest BCUT2D eigenvalue weighted by Gasteiger charge is 2.31. The summed E-state index contributed by atoms with van der Waals surface area (Å²) >= 11 is 1.28. The van der Waals surface area contributed by atoms with E-state index in [0.717, 1.165) is 23.4 Å². The van der Waals surface area contributed by atoms with E-state index >= 15 is 0 Å². The molecular weight excluding hydrogens is 358 g/mol. The van der Waals surface area contributed by atoms with Gasteiger partial charge in [0, 0.05) is 17.0 Å². The lowest BCUT2D eigenvalue weighted by Gasteiger charge is -2.24. The average Bonchev–Trinajstić information content (AvgIpc) is 3.07. The highest BCUT2D eigenvalue weighted by atomic mass is 32.1. The number of halogens is 2. The number of aromatic nitrogens is 1. The van der Waals surface area contributed by atoms with Crippen LogP contribution in [0.3, 0.4) is 0 Å². The van der Waals surface area contributed by atoms with Gasteiger partial charge in [-0.25, -0.2) is 13.8 Å². The summed E-state index contributed by atoms with van der Waals surface area (Å²) in [4.78, 5) is 16.9. The molecule has 1 amide bonds. The van der Waals surface area contributed by atoms with Crippen LogP contribution in [0.1, 0.15) is 13.8 Å². The van der Waals surface area contributed by atoms with Gasteiger partial charge in [0.1, 0.15) is 5.82 Å². The molecule has 1 aromatic heterocycles. The van der Waals surface area contributed by atoms with Gasteiger partial charge >= 0.3 is 0 Å². The van der Waals surface area contributed by atoms with E-state index in [2.05, 4.69) is 10.3 Å². The van der Waals surface area contributed by atoms with Gasteiger partial charge in [-0.2, -0.15) is 0 Å². The van der Waals surface area contributed by atoms with Crippen LogP contribution in [0.15, 0.2) is 53.9 Å². The largest absolute Gasteiger partial charge is 0.475 e. The SMILES string of the molecule is CC(C)(Oc1ccc(F)cc1F)C(=O)Nc1nc(-c2ccccc2)cs1. The second kappa shape index (κ2) is 7.21. The van der Waals surface area contributed by atoms with Crippen LogP contribution in [0.25, 0.3) is 11.3 Å². The fourth-order valence-electron chi connectivity index (χ4n) is 2.20. The Hall–Kier alpha value is -2.80. The molecule has 0 bridgehead atoms. The number of benzene rings is 2. The minimum Gasteiger partial charge on any atom is -0.475 e. The molecule has 3 aromatic rings. The van der Waals surface area contributed by atoms with Crippen LogP contribution in [0.2, 0.25) is 0 Å². The quantitative estimate of drug-likeness (QED) is 0.692. The Morgan fingerprint density at radius 1 is 1.15 bits per heavy atom. The maximum Gasteiger partial charge on any atom is 0.269 e. The molecule has 0 saturated heterocycles. The first kappa shape index (κ1) is 18.0. The van der Waals surface area contributed by atoms with Crippen molar-refractivity contribution in [1.82, 2.24) is 4.98 Å². The van der Waals surface area contributed by atoms with Crippen LogP contribution in [0.4, 0.5) is 13.9 Å². The van der Waals surface area contributed by atoms with E-state index in [1.54, 1.807) is 0 Å². The van der Waals surface area contributed by atoms with Crippen molar-refractivity contribution in [2.75, 3.05) is 5.32 Å². The first-order chi connectivity index (χ1) is 12.3. The first-order valence-electron chi connectivity index (χ1n) is 7.81. The predicted octanol–water partition coefficient (Wildman–Crippen LogP) is 4.88. The second-order valence-electron chi connectivity index (χ2n) is 6.05. The number of carbonyl (C=O) groups is 1. The number of anilines is 1. The minimum atomic E-state index is -1.38. The molecule has 4 nitrogen and oxygen atoms in total. The number of carbonyl (C=O) groups excluding carboxylic acids is 1. The van der Waals surface area contributed by atoms with Gasteiger partial charge < -0.3 is 4.74 Å². The summed E-state index contributed by atoms with van der Waals surface area (Å²) in [6.07, 6.45) is 0. The van der Waals surface area contributed by atoms with Crippen molar-refractivity contribution in [2.24, 2.45) is 0 Å². The predicted molar refractivity (Wildman–Crippen MR) is 97.2 cm³/mol. The molecule has 0 radical (unpaired) electrons. The van der Waals surface area contributed by atoms with E-state index in [9.17, 15) is 13.6 Å². The smallest absolute Gasteiger partial charge is 0.269 e. The van der Waals surface area contributed by atoms with Crippen molar-refractivity contribution in [3.8, 4) is 17.0 Å². The van der Waals surface area contributed by atoms with Gasteiger partial charge in [-0.05, 0) is 26.0 Å².